The molecule has 27 heavy (non-hydrogen) atoms. The first-order valence-corrected chi connectivity index (χ1v) is 8.64. The Balaban J connectivity index is 1.59. The number of aliphatic hydroxyl groups is 1. The van der Waals surface area contributed by atoms with Gasteiger partial charge in [0.05, 0.1) is 13.7 Å². The second kappa shape index (κ2) is 8.91. The van der Waals surface area contributed by atoms with Crippen molar-refractivity contribution in [2.75, 3.05) is 25.6 Å². The monoisotopic (exact) mass is 366 g/mol. The SMILES string of the molecule is COc1cc(CNC(=O)Nc2ccc3ccccc3c2)ccc1OCCO. The molecule has 0 radical (unpaired) electrons. The lowest BCUT2D eigenvalue weighted by molar-refractivity contribution is 0.196. The van der Waals surface area contributed by atoms with Crippen molar-refractivity contribution < 1.29 is 19.4 Å². The maximum absolute atomic E-state index is 12.2. The van der Waals surface area contributed by atoms with Crippen LogP contribution in [0, 0.1) is 0 Å². The quantitative estimate of drug-likeness (QED) is 0.597. The highest BCUT2D eigenvalue weighted by atomic mass is 16.5. The number of anilines is 1. The van der Waals surface area contributed by atoms with Crippen LogP contribution in [0.25, 0.3) is 10.8 Å². The van der Waals surface area contributed by atoms with Crippen LogP contribution in [-0.2, 0) is 6.54 Å². The van der Waals surface area contributed by atoms with Gasteiger partial charge in [0.15, 0.2) is 11.5 Å². The lowest BCUT2D eigenvalue weighted by Crippen LogP contribution is -2.28. The van der Waals surface area contributed by atoms with Crippen molar-refractivity contribution in [3.05, 3.63) is 66.2 Å². The minimum atomic E-state index is -0.287. The average molecular weight is 366 g/mol. The minimum Gasteiger partial charge on any atom is -0.493 e. The van der Waals surface area contributed by atoms with Crippen molar-refractivity contribution >= 4 is 22.5 Å². The summed E-state index contributed by atoms with van der Waals surface area (Å²) in [6, 6.07) is 18.9. The van der Waals surface area contributed by atoms with Crippen LogP contribution in [0.3, 0.4) is 0 Å². The van der Waals surface area contributed by atoms with E-state index in [1.54, 1.807) is 19.2 Å². The molecule has 0 saturated carbocycles. The lowest BCUT2D eigenvalue weighted by atomic mass is 10.1. The maximum atomic E-state index is 12.2. The van der Waals surface area contributed by atoms with Crippen molar-refractivity contribution in [3.63, 3.8) is 0 Å². The van der Waals surface area contributed by atoms with E-state index in [9.17, 15) is 4.79 Å². The minimum absolute atomic E-state index is 0.0681. The number of urea groups is 1. The van der Waals surface area contributed by atoms with Crippen molar-refractivity contribution in [1.29, 1.82) is 0 Å². The van der Waals surface area contributed by atoms with Crippen LogP contribution in [0.4, 0.5) is 10.5 Å². The first kappa shape index (κ1) is 18.5. The number of carbonyl (C=O) groups is 1. The van der Waals surface area contributed by atoms with E-state index in [-0.39, 0.29) is 19.2 Å². The zero-order chi connectivity index (χ0) is 19.1. The van der Waals surface area contributed by atoms with Crippen LogP contribution in [0.15, 0.2) is 60.7 Å². The fourth-order valence-corrected chi connectivity index (χ4v) is 2.72. The molecule has 0 unspecified atom stereocenters. The fourth-order valence-electron chi connectivity index (χ4n) is 2.72. The van der Waals surface area contributed by atoms with Crippen LogP contribution in [0.5, 0.6) is 11.5 Å². The average Bonchev–Trinajstić information content (AvgIpc) is 2.70. The number of ether oxygens (including phenoxy) is 2. The number of aliphatic hydroxyl groups excluding tert-OH is 1. The van der Waals surface area contributed by atoms with E-state index < -0.39 is 0 Å². The Morgan fingerprint density at radius 1 is 1.00 bits per heavy atom. The fraction of sp³-hybridized carbons (Fsp3) is 0.190. The zero-order valence-electron chi connectivity index (χ0n) is 15.1. The van der Waals surface area contributed by atoms with Crippen molar-refractivity contribution in [1.82, 2.24) is 5.32 Å². The Bertz CT molecular complexity index is 927. The second-order valence-electron chi connectivity index (χ2n) is 5.93. The third-order valence-corrected chi connectivity index (χ3v) is 4.04. The number of benzene rings is 3. The number of hydrogen-bond acceptors (Lipinski definition) is 4. The number of fused-ring (bicyclic) bond motifs is 1. The molecule has 0 aliphatic carbocycles. The molecule has 3 rings (SSSR count). The van der Waals surface area contributed by atoms with Gasteiger partial charge in [-0.15, -0.1) is 0 Å². The van der Waals surface area contributed by atoms with Gasteiger partial charge in [0.2, 0.25) is 0 Å². The van der Waals surface area contributed by atoms with Crippen LogP contribution < -0.4 is 20.1 Å². The van der Waals surface area contributed by atoms with Crippen LogP contribution in [0.1, 0.15) is 5.56 Å². The van der Waals surface area contributed by atoms with Gasteiger partial charge >= 0.3 is 6.03 Å². The van der Waals surface area contributed by atoms with Crippen molar-refractivity contribution in [2.24, 2.45) is 0 Å². The van der Waals surface area contributed by atoms with Gasteiger partial charge in [-0.2, -0.15) is 0 Å². The molecule has 3 aromatic rings. The molecule has 0 spiro atoms. The molecule has 3 aromatic carbocycles. The molecule has 0 atom stereocenters. The van der Waals surface area contributed by atoms with E-state index in [1.165, 1.54) is 0 Å². The molecule has 0 saturated heterocycles. The standard InChI is InChI=1S/C21H22N2O4/c1-26-20-12-15(6-9-19(20)27-11-10-24)14-22-21(25)23-18-8-7-16-4-2-3-5-17(16)13-18/h2-9,12-13,24H,10-11,14H2,1H3,(H2,22,23,25). The van der Waals surface area contributed by atoms with Crippen LogP contribution >= 0.6 is 0 Å². The molecular weight excluding hydrogens is 344 g/mol. The number of carbonyl (C=O) groups excluding carboxylic acids is 1. The molecule has 0 heterocycles. The summed E-state index contributed by atoms with van der Waals surface area (Å²) in [7, 11) is 1.55. The van der Waals surface area contributed by atoms with Gasteiger partial charge in [0.1, 0.15) is 6.61 Å². The Kier molecular flexibility index (Phi) is 6.12. The first-order valence-electron chi connectivity index (χ1n) is 8.64. The number of hydrogen-bond donors (Lipinski definition) is 3. The molecule has 0 aliphatic rings. The summed E-state index contributed by atoms with van der Waals surface area (Å²) >= 11 is 0. The molecule has 2 amide bonds. The highest BCUT2D eigenvalue weighted by Gasteiger charge is 2.07. The van der Waals surface area contributed by atoms with Gasteiger partial charge in [-0.25, -0.2) is 4.79 Å². The maximum Gasteiger partial charge on any atom is 0.319 e. The van der Waals surface area contributed by atoms with Gasteiger partial charge < -0.3 is 25.2 Å². The summed E-state index contributed by atoms with van der Waals surface area (Å²) in [5, 5.41) is 16.7. The first-order chi connectivity index (χ1) is 13.2. The summed E-state index contributed by atoms with van der Waals surface area (Å²) in [4.78, 5) is 12.2. The number of amides is 2. The topological polar surface area (TPSA) is 79.8 Å². The van der Waals surface area contributed by atoms with E-state index in [1.807, 2.05) is 48.5 Å². The molecule has 0 aromatic heterocycles. The molecule has 6 nitrogen and oxygen atoms in total. The smallest absolute Gasteiger partial charge is 0.319 e. The van der Waals surface area contributed by atoms with Crippen LogP contribution in [-0.4, -0.2) is 31.5 Å². The van der Waals surface area contributed by atoms with Gasteiger partial charge in [0, 0.05) is 12.2 Å². The normalized spacial score (nSPS) is 10.4. The molecule has 0 bridgehead atoms. The molecule has 6 heteroatoms. The zero-order valence-corrected chi connectivity index (χ0v) is 15.1. The number of nitrogens with one attached hydrogen (secondary N) is 2. The van der Waals surface area contributed by atoms with E-state index in [2.05, 4.69) is 10.6 Å². The Labute approximate surface area is 157 Å². The van der Waals surface area contributed by atoms with E-state index in [0.29, 0.717) is 18.0 Å². The Hall–Kier alpha value is -3.25. The third-order valence-electron chi connectivity index (χ3n) is 4.04. The van der Waals surface area contributed by atoms with Crippen molar-refractivity contribution in [3.8, 4) is 11.5 Å². The second-order valence-corrected chi connectivity index (χ2v) is 5.93. The van der Waals surface area contributed by atoms with Gasteiger partial charge in [0.25, 0.3) is 0 Å². The molecule has 0 aliphatic heterocycles. The molecule has 3 N–H and O–H groups in total. The van der Waals surface area contributed by atoms with Crippen molar-refractivity contribution in [2.45, 2.75) is 6.54 Å². The van der Waals surface area contributed by atoms with E-state index >= 15 is 0 Å². The van der Waals surface area contributed by atoms with E-state index in [4.69, 9.17) is 14.6 Å². The summed E-state index contributed by atoms with van der Waals surface area (Å²) in [6.45, 7) is 0.472. The van der Waals surface area contributed by atoms with Gasteiger partial charge in [-0.05, 0) is 40.6 Å². The summed E-state index contributed by atoms with van der Waals surface area (Å²) in [5.74, 6) is 1.11. The van der Waals surface area contributed by atoms with Gasteiger partial charge in [-0.3, -0.25) is 0 Å². The Morgan fingerprint density at radius 2 is 1.81 bits per heavy atom. The largest absolute Gasteiger partial charge is 0.493 e. The summed E-state index contributed by atoms with van der Waals surface area (Å²) in [5.41, 5.74) is 1.60. The highest BCUT2D eigenvalue weighted by Crippen LogP contribution is 2.28. The Morgan fingerprint density at radius 3 is 2.59 bits per heavy atom. The molecule has 140 valence electrons. The highest BCUT2D eigenvalue weighted by molar-refractivity contribution is 5.93. The van der Waals surface area contributed by atoms with Gasteiger partial charge in [-0.1, -0.05) is 36.4 Å². The number of methoxy groups -OCH3 is 1. The summed E-state index contributed by atoms with van der Waals surface area (Å²) < 4.78 is 10.7. The summed E-state index contributed by atoms with van der Waals surface area (Å²) in [6.07, 6.45) is 0. The van der Waals surface area contributed by atoms with Crippen LogP contribution in [0.2, 0.25) is 0 Å². The van der Waals surface area contributed by atoms with E-state index in [0.717, 1.165) is 22.0 Å². The predicted octanol–water partition coefficient (Wildman–Crippen LogP) is 3.54. The predicted molar refractivity (Wildman–Crippen MR) is 105 cm³/mol. The lowest BCUT2D eigenvalue weighted by Gasteiger charge is -2.12. The molecular formula is C21H22N2O4. The number of rotatable bonds is 7. The molecule has 0 fully saturated rings. The third kappa shape index (κ3) is 4.89.